The summed E-state index contributed by atoms with van der Waals surface area (Å²) >= 11 is 0. The number of carbonyl (C=O) groups is 2. The third-order valence-corrected chi connectivity index (χ3v) is 4.17. The lowest BCUT2D eigenvalue weighted by Crippen LogP contribution is -2.41. The van der Waals surface area contributed by atoms with Gasteiger partial charge in [0.05, 0.1) is 25.7 Å². The maximum Gasteiger partial charge on any atom is 0.225 e. The van der Waals surface area contributed by atoms with E-state index in [0.29, 0.717) is 19.6 Å². The summed E-state index contributed by atoms with van der Waals surface area (Å²) in [4.78, 5) is 23.2. The number of rotatable bonds is 5. The van der Waals surface area contributed by atoms with Crippen LogP contribution in [0.4, 0.5) is 0 Å². The molecule has 6 nitrogen and oxygen atoms in total. The van der Waals surface area contributed by atoms with Crippen molar-refractivity contribution in [3.05, 3.63) is 0 Å². The highest BCUT2D eigenvalue weighted by Gasteiger charge is 2.20. The molecule has 1 heterocycles. The van der Waals surface area contributed by atoms with Crippen LogP contribution in [0.5, 0.6) is 0 Å². The smallest absolute Gasteiger partial charge is 0.225 e. The van der Waals surface area contributed by atoms with Crippen LogP contribution in [-0.2, 0) is 19.1 Å². The summed E-state index contributed by atoms with van der Waals surface area (Å²) in [6.07, 6.45) is 7.20. The summed E-state index contributed by atoms with van der Waals surface area (Å²) in [7, 11) is 0. The molecule has 0 spiro atoms. The molecule has 0 bridgehead atoms. The van der Waals surface area contributed by atoms with Crippen molar-refractivity contribution in [2.75, 3.05) is 32.9 Å². The van der Waals surface area contributed by atoms with Gasteiger partial charge in [-0.3, -0.25) is 9.59 Å². The van der Waals surface area contributed by atoms with E-state index in [9.17, 15) is 9.59 Å². The van der Waals surface area contributed by atoms with Crippen molar-refractivity contribution in [1.82, 2.24) is 4.90 Å². The monoisotopic (exact) mass is 358 g/mol. The molecule has 1 atom stereocenters. The highest BCUT2D eigenvalue weighted by Crippen LogP contribution is 2.24. The van der Waals surface area contributed by atoms with Crippen LogP contribution >= 0.6 is 0 Å². The zero-order chi connectivity index (χ0) is 19.1. The Morgan fingerprint density at radius 1 is 1.16 bits per heavy atom. The third-order valence-electron chi connectivity index (χ3n) is 4.17. The minimum absolute atomic E-state index is 0.0391. The Morgan fingerprint density at radius 3 is 2.20 bits per heavy atom. The average Bonchev–Trinajstić information content (AvgIpc) is 2.63. The zero-order valence-electron chi connectivity index (χ0n) is 16.6. The van der Waals surface area contributed by atoms with Gasteiger partial charge in [-0.2, -0.15) is 0 Å². The number of hydrogen-bond donors (Lipinski definition) is 1. The van der Waals surface area contributed by atoms with Crippen molar-refractivity contribution in [2.45, 2.75) is 72.3 Å². The van der Waals surface area contributed by atoms with Gasteiger partial charge in [0.1, 0.15) is 0 Å². The topological polar surface area (TPSA) is 81.9 Å². The first-order valence-corrected chi connectivity index (χ1v) is 9.72. The summed E-state index contributed by atoms with van der Waals surface area (Å²) in [5.41, 5.74) is 4.47. The van der Waals surface area contributed by atoms with Crippen LogP contribution in [0.15, 0.2) is 0 Å². The summed E-state index contributed by atoms with van der Waals surface area (Å²) in [6.45, 7) is 11.0. The van der Waals surface area contributed by atoms with Gasteiger partial charge in [0.2, 0.25) is 11.8 Å². The predicted octanol–water partition coefficient (Wildman–Crippen LogP) is 2.74. The molecule has 6 heteroatoms. The Labute approximate surface area is 153 Å². The van der Waals surface area contributed by atoms with E-state index in [4.69, 9.17) is 9.47 Å². The van der Waals surface area contributed by atoms with Gasteiger partial charge in [-0.15, -0.1) is 0 Å². The highest BCUT2D eigenvalue weighted by molar-refractivity contribution is 5.76. The third kappa shape index (κ3) is 12.8. The Balaban J connectivity index is 0.000000845. The molecule has 25 heavy (non-hydrogen) atoms. The molecule has 2 aliphatic rings. The van der Waals surface area contributed by atoms with E-state index >= 15 is 0 Å². The van der Waals surface area contributed by atoms with E-state index in [-0.39, 0.29) is 17.9 Å². The fourth-order valence-corrected chi connectivity index (χ4v) is 2.90. The van der Waals surface area contributed by atoms with Crippen LogP contribution < -0.4 is 5.73 Å². The molecule has 0 aromatic carbocycles. The average molecular weight is 359 g/mol. The molecule has 1 saturated heterocycles. The number of nitrogens with zero attached hydrogens (tertiary/aromatic N) is 1. The van der Waals surface area contributed by atoms with E-state index in [1.54, 1.807) is 0 Å². The lowest BCUT2D eigenvalue weighted by molar-refractivity contribution is -0.138. The number of hydrogen-bond acceptors (Lipinski definition) is 4. The van der Waals surface area contributed by atoms with E-state index < -0.39 is 0 Å². The second-order valence-corrected chi connectivity index (χ2v) is 6.46. The molecule has 0 radical (unpaired) electrons. The molecular weight excluding hydrogens is 320 g/mol. The van der Waals surface area contributed by atoms with Gasteiger partial charge in [0.15, 0.2) is 0 Å². The minimum atomic E-state index is -0.333. The molecule has 1 aliphatic carbocycles. The number of ether oxygens (including phenoxy) is 2. The standard InChI is InChI=1S/C15H27NO3.C2H5NO.C2H6/c1-13(19-12-14-5-3-2-4-6-14)11-15(17)16-7-9-18-10-8-16;1-2(3)4;1-2/h13-14H,2-12H2,1H3;1H3,(H2,3,4);1-2H3. The Hall–Kier alpha value is -1.14. The van der Waals surface area contributed by atoms with Crippen molar-refractivity contribution in [2.24, 2.45) is 11.7 Å². The Bertz CT molecular complexity index is 347. The van der Waals surface area contributed by atoms with Gasteiger partial charge < -0.3 is 20.1 Å². The van der Waals surface area contributed by atoms with Crippen molar-refractivity contribution >= 4 is 11.8 Å². The molecule has 2 rings (SSSR count). The van der Waals surface area contributed by atoms with Crippen LogP contribution in [0.3, 0.4) is 0 Å². The Morgan fingerprint density at radius 2 is 1.68 bits per heavy atom. The van der Waals surface area contributed by atoms with Gasteiger partial charge in [0, 0.05) is 26.6 Å². The highest BCUT2D eigenvalue weighted by atomic mass is 16.5. The van der Waals surface area contributed by atoms with Gasteiger partial charge in [-0.1, -0.05) is 33.1 Å². The fourth-order valence-electron chi connectivity index (χ4n) is 2.90. The van der Waals surface area contributed by atoms with E-state index in [2.05, 4.69) is 5.73 Å². The van der Waals surface area contributed by atoms with Crippen LogP contribution in [0.2, 0.25) is 0 Å². The summed E-state index contributed by atoms with van der Waals surface area (Å²) in [6, 6.07) is 0. The largest absolute Gasteiger partial charge is 0.378 e. The first-order chi connectivity index (χ1) is 12.0. The quantitative estimate of drug-likeness (QED) is 0.819. The summed E-state index contributed by atoms with van der Waals surface area (Å²) < 4.78 is 11.1. The number of morpholine rings is 1. The van der Waals surface area contributed by atoms with Crippen LogP contribution in [-0.4, -0.2) is 55.7 Å². The SMILES string of the molecule is CC.CC(CC(=O)N1CCOCC1)OCC1CCCCC1.CC(N)=O. The Kier molecular flexibility index (Phi) is 14.5. The first-order valence-electron chi connectivity index (χ1n) is 9.72. The zero-order valence-corrected chi connectivity index (χ0v) is 16.6. The van der Waals surface area contributed by atoms with E-state index in [1.165, 1.54) is 39.0 Å². The maximum atomic E-state index is 12.0. The first kappa shape index (κ1) is 23.9. The van der Waals surface area contributed by atoms with Gasteiger partial charge in [-0.05, 0) is 25.7 Å². The molecule has 1 unspecified atom stereocenters. The van der Waals surface area contributed by atoms with Crippen molar-refractivity contribution < 1.29 is 19.1 Å². The maximum absolute atomic E-state index is 12.0. The molecule has 2 fully saturated rings. The molecule has 148 valence electrons. The molecule has 0 aromatic heterocycles. The van der Waals surface area contributed by atoms with E-state index in [0.717, 1.165) is 25.6 Å². The summed E-state index contributed by atoms with van der Waals surface area (Å²) in [5, 5.41) is 0. The second kappa shape index (κ2) is 15.1. The number of carbonyl (C=O) groups excluding carboxylic acids is 2. The lowest BCUT2D eigenvalue weighted by atomic mass is 9.90. The molecular formula is C19H38N2O4. The lowest BCUT2D eigenvalue weighted by Gasteiger charge is -2.28. The number of primary amides is 1. The molecule has 1 saturated carbocycles. The summed E-state index contributed by atoms with van der Waals surface area (Å²) in [5.74, 6) is 0.592. The van der Waals surface area contributed by atoms with Crippen LogP contribution in [0.25, 0.3) is 0 Å². The molecule has 1 aliphatic heterocycles. The van der Waals surface area contributed by atoms with Crippen molar-refractivity contribution in [3.8, 4) is 0 Å². The predicted molar refractivity (Wildman–Crippen MR) is 100 cm³/mol. The number of nitrogens with two attached hydrogens (primary N) is 1. The molecule has 2 amide bonds. The van der Waals surface area contributed by atoms with E-state index in [1.807, 2.05) is 25.7 Å². The van der Waals surface area contributed by atoms with Crippen LogP contribution in [0, 0.1) is 5.92 Å². The fraction of sp³-hybridized carbons (Fsp3) is 0.895. The van der Waals surface area contributed by atoms with Crippen molar-refractivity contribution in [1.29, 1.82) is 0 Å². The van der Waals surface area contributed by atoms with Gasteiger partial charge in [0.25, 0.3) is 0 Å². The number of amides is 2. The van der Waals surface area contributed by atoms with Crippen molar-refractivity contribution in [3.63, 3.8) is 0 Å². The second-order valence-electron chi connectivity index (χ2n) is 6.46. The van der Waals surface area contributed by atoms with Crippen LogP contribution in [0.1, 0.15) is 66.2 Å². The van der Waals surface area contributed by atoms with Gasteiger partial charge >= 0.3 is 0 Å². The molecule has 2 N–H and O–H groups in total. The normalized spacial score (nSPS) is 19.0. The molecule has 0 aromatic rings. The van der Waals surface area contributed by atoms with Gasteiger partial charge in [-0.25, -0.2) is 0 Å². The minimum Gasteiger partial charge on any atom is -0.378 e.